The lowest BCUT2D eigenvalue weighted by Crippen LogP contribution is -3.00. The van der Waals surface area contributed by atoms with E-state index in [1.165, 1.54) is 83.3 Å². The molecule has 4 aromatic rings. The first kappa shape index (κ1) is 42.9. The van der Waals surface area contributed by atoms with Crippen LogP contribution in [-0.4, -0.2) is 26.2 Å². The van der Waals surface area contributed by atoms with Crippen molar-refractivity contribution in [2.24, 2.45) is 0 Å². The third-order valence-electron chi connectivity index (χ3n) is 9.56. The number of halogens is 2. The van der Waals surface area contributed by atoms with Gasteiger partial charge in [0.2, 0.25) is 0 Å². The van der Waals surface area contributed by atoms with Gasteiger partial charge in [-0.1, -0.05) is 61.4 Å². The minimum absolute atomic E-state index is 0. The van der Waals surface area contributed by atoms with Crippen LogP contribution in [0.5, 0.6) is 0 Å². The van der Waals surface area contributed by atoms with E-state index in [2.05, 4.69) is 170 Å². The van der Waals surface area contributed by atoms with Gasteiger partial charge in [-0.15, -0.1) is 0 Å². The molecule has 0 aliphatic rings. The number of anilines is 2. The Morgan fingerprint density at radius 3 is 1.12 bits per heavy atom. The molecule has 6 heteroatoms. The predicted octanol–water partition coefficient (Wildman–Crippen LogP) is 3.96. The van der Waals surface area contributed by atoms with Crippen LogP contribution in [0.3, 0.4) is 0 Å². The fraction of sp³-hybridized carbons (Fsp3) is 0.409. The van der Waals surface area contributed by atoms with E-state index in [-0.39, 0.29) is 34.0 Å². The minimum atomic E-state index is 0. The zero-order valence-corrected chi connectivity index (χ0v) is 34.6. The van der Waals surface area contributed by atoms with Gasteiger partial charge in [-0.3, -0.25) is 0 Å². The molecular weight excluding hydrogens is 744 g/mol. The fourth-order valence-corrected chi connectivity index (χ4v) is 6.44. The van der Waals surface area contributed by atoms with Gasteiger partial charge in [-0.05, 0) is 101 Å². The Morgan fingerprint density at radius 1 is 0.460 bits per heavy atom. The Morgan fingerprint density at radius 2 is 0.800 bits per heavy atom. The highest BCUT2D eigenvalue weighted by Crippen LogP contribution is 2.19. The van der Waals surface area contributed by atoms with E-state index in [0.717, 1.165) is 39.3 Å². The molecule has 0 saturated heterocycles. The van der Waals surface area contributed by atoms with Gasteiger partial charge in [0.25, 0.3) is 0 Å². The number of unbranched alkanes of at least 4 members (excludes halogenated alkanes) is 5. The van der Waals surface area contributed by atoms with Crippen LogP contribution < -0.4 is 52.9 Å². The lowest BCUT2D eigenvalue weighted by molar-refractivity contribution is -0.698. The average Bonchev–Trinajstić information content (AvgIpc) is 3.11. The van der Waals surface area contributed by atoms with E-state index in [4.69, 9.17) is 0 Å². The Hall–Kier alpha value is -3.22. The Labute approximate surface area is 325 Å². The lowest BCUT2D eigenvalue weighted by Gasteiger charge is -2.20. The molecule has 2 aromatic heterocycles. The van der Waals surface area contributed by atoms with Crippen LogP contribution in [0.15, 0.2) is 85.5 Å². The van der Waals surface area contributed by atoms with Crippen LogP contribution in [0.25, 0.3) is 24.3 Å². The molecule has 2 aromatic carbocycles. The molecule has 0 N–H and O–H groups in total. The highest BCUT2D eigenvalue weighted by molar-refractivity contribution is 5.72. The number of nitrogens with zero attached hydrogens (tertiary/aromatic N) is 4. The van der Waals surface area contributed by atoms with Crippen molar-refractivity contribution in [3.05, 3.63) is 119 Å². The summed E-state index contributed by atoms with van der Waals surface area (Å²) in [7, 11) is 0. The largest absolute Gasteiger partial charge is 1.00 e. The highest BCUT2D eigenvalue weighted by Gasteiger charge is 2.07. The molecule has 0 radical (unpaired) electrons. The third-order valence-corrected chi connectivity index (χ3v) is 9.56. The van der Waals surface area contributed by atoms with Gasteiger partial charge >= 0.3 is 0 Å². The van der Waals surface area contributed by atoms with Crippen LogP contribution in [0.1, 0.15) is 99.6 Å². The van der Waals surface area contributed by atoms with E-state index < -0.39 is 0 Å². The summed E-state index contributed by atoms with van der Waals surface area (Å²) >= 11 is 0. The number of hydrogen-bond donors (Lipinski definition) is 0. The summed E-state index contributed by atoms with van der Waals surface area (Å²) in [6, 6.07) is 22.3. The lowest BCUT2D eigenvalue weighted by atomic mass is 10.1. The SMILES string of the molecule is CCN(CC)c1ccc(/C=C/c2cc[n+](CCCCCCCC[n+]3ccc(/C=C/c4ccc(N(CC)CC)cc4)c(C)c3)cc2C)cc1.[Br-].[Br-]. The molecule has 0 atom stereocenters. The van der Waals surface area contributed by atoms with Gasteiger partial charge in [-0.2, -0.15) is 0 Å². The predicted molar refractivity (Wildman–Crippen MR) is 208 cm³/mol. The smallest absolute Gasteiger partial charge is 0.172 e. The van der Waals surface area contributed by atoms with Gasteiger partial charge in [0.15, 0.2) is 24.8 Å². The maximum Gasteiger partial charge on any atom is 0.172 e. The summed E-state index contributed by atoms with van der Waals surface area (Å²) in [6.07, 6.45) is 25.7. The summed E-state index contributed by atoms with van der Waals surface area (Å²) in [5.74, 6) is 0. The maximum absolute atomic E-state index is 2.38. The van der Waals surface area contributed by atoms with Crippen LogP contribution >= 0.6 is 0 Å². The van der Waals surface area contributed by atoms with Crippen molar-refractivity contribution < 1.29 is 43.1 Å². The quantitative estimate of drug-likeness (QED) is 0.105. The standard InChI is InChI=1S/C44H60N4.2BrH/c1-7-47(8-2)43-25-19-39(20-26-43)17-23-41-29-33-45(35-37(41)5)31-15-13-11-12-14-16-32-46-34-30-42(38(6)36-46)24-18-40-21-27-44(28-22-40)48(9-3)10-4;;/h17-30,33-36H,7-16,31-32H2,1-6H3;2*1H/q+2;;/p-2. The molecule has 2 heterocycles. The van der Waals surface area contributed by atoms with Crippen molar-refractivity contribution in [2.75, 3.05) is 36.0 Å². The van der Waals surface area contributed by atoms with Crippen LogP contribution in [0.2, 0.25) is 0 Å². The van der Waals surface area contributed by atoms with E-state index in [1.54, 1.807) is 0 Å². The molecule has 0 unspecified atom stereocenters. The first-order valence-electron chi connectivity index (χ1n) is 18.5. The molecule has 0 aliphatic heterocycles. The normalized spacial score (nSPS) is 11.1. The Kier molecular flexibility index (Phi) is 20.0. The number of hydrogen-bond acceptors (Lipinski definition) is 2. The molecule has 0 aliphatic carbocycles. The number of aromatic nitrogens is 2. The van der Waals surface area contributed by atoms with Crippen LogP contribution in [0, 0.1) is 13.8 Å². The number of aryl methyl sites for hydroxylation is 4. The van der Waals surface area contributed by atoms with E-state index in [9.17, 15) is 0 Å². The van der Waals surface area contributed by atoms with E-state index in [1.807, 2.05) is 0 Å². The summed E-state index contributed by atoms with van der Waals surface area (Å²) < 4.78 is 4.71. The zero-order chi connectivity index (χ0) is 34.1. The van der Waals surface area contributed by atoms with Crippen molar-refractivity contribution in [2.45, 2.75) is 93.2 Å². The van der Waals surface area contributed by atoms with E-state index >= 15 is 0 Å². The summed E-state index contributed by atoms with van der Waals surface area (Å²) in [4.78, 5) is 4.75. The summed E-state index contributed by atoms with van der Waals surface area (Å²) in [5.41, 5.74) is 10.3. The zero-order valence-electron chi connectivity index (χ0n) is 31.4. The van der Waals surface area contributed by atoms with Crippen molar-refractivity contribution in [1.29, 1.82) is 0 Å². The Bertz CT molecular complexity index is 1470. The first-order chi connectivity index (χ1) is 23.4. The van der Waals surface area contributed by atoms with Crippen molar-refractivity contribution in [3.8, 4) is 0 Å². The molecule has 0 spiro atoms. The molecule has 0 saturated carbocycles. The second-order valence-electron chi connectivity index (χ2n) is 13.0. The topological polar surface area (TPSA) is 14.2 Å². The molecular formula is C44H60Br2N4. The highest BCUT2D eigenvalue weighted by atomic mass is 79.9. The van der Waals surface area contributed by atoms with Crippen LogP contribution in [-0.2, 0) is 13.1 Å². The summed E-state index contributed by atoms with van der Waals surface area (Å²) in [5, 5.41) is 0. The molecule has 0 amide bonds. The molecule has 50 heavy (non-hydrogen) atoms. The minimum Gasteiger partial charge on any atom is -1.00 e. The number of benzene rings is 2. The van der Waals surface area contributed by atoms with Gasteiger partial charge in [0.05, 0.1) is 0 Å². The monoisotopic (exact) mass is 802 g/mol. The molecule has 270 valence electrons. The van der Waals surface area contributed by atoms with Crippen molar-refractivity contribution in [3.63, 3.8) is 0 Å². The Balaban J connectivity index is 0.00000433. The second-order valence-corrected chi connectivity index (χ2v) is 13.0. The third kappa shape index (κ3) is 13.5. The van der Waals surface area contributed by atoms with Gasteiger partial charge in [0, 0.05) is 73.7 Å². The second kappa shape index (κ2) is 23.3. The molecule has 0 bridgehead atoms. The van der Waals surface area contributed by atoms with Gasteiger partial charge in [-0.25, -0.2) is 9.13 Å². The number of rotatable bonds is 19. The summed E-state index contributed by atoms with van der Waals surface area (Å²) in [6.45, 7) is 19.6. The van der Waals surface area contributed by atoms with Crippen molar-refractivity contribution in [1.82, 2.24) is 0 Å². The molecule has 4 rings (SSSR count). The van der Waals surface area contributed by atoms with Gasteiger partial charge in [0.1, 0.15) is 13.1 Å². The van der Waals surface area contributed by atoms with E-state index in [0.29, 0.717) is 0 Å². The van der Waals surface area contributed by atoms with Crippen LogP contribution in [0.4, 0.5) is 11.4 Å². The first-order valence-corrected chi connectivity index (χ1v) is 18.5. The maximum atomic E-state index is 2.38. The van der Waals surface area contributed by atoms with Crippen molar-refractivity contribution >= 4 is 35.7 Å². The fourth-order valence-electron chi connectivity index (χ4n) is 6.44. The van der Waals surface area contributed by atoms with Gasteiger partial charge < -0.3 is 43.8 Å². The number of pyridine rings is 2. The average molecular weight is 805 g/mol. The molecule has 4 nitrogen and oxygen atoms in total. The molecule has 0 fully saturated rings.